The highest BCUT2D eigenvalue weighted by Crippen LogP contribution is 2.27. The van der Waals surface area contributed by atoms with E-state index in [0.717, 1.165) is 19.6 Å². The van der Waals surface area contributed by atoms with Crippen LogP contribution in [0.5, 0.6) is 0 Å². The third kappa shape index (κ3) is 3.04. The molecule has 1 amide bonds. The van der Waals surface area contributed by atoms with E-state index in [9.17, 15) is 4.79 Å². The number of carbonyl (C=O) groups is 1. The summed E-state index contributed by atoms with van der Waals surface area (Å²) in [6, 6.07) is 12.0. The molecule has 1 aliphatic rings. The molecular formula is C16H17BrN2O2. The summed E-state index contributed by atoms with van der Waals surface area (Å²) < 4.78 is 5.78. The van der Waals surface area contributed by atoms with Gasteiger partial charge in [0.25, 0.3) is 5.91 Å². The second-order valence-electron chi connectivity index (χ2n) is 5.33. The van der Waals surface area contributed by atoms with Gasteiger partial charge in [-0.25, -0.2) is 0 Å². The van der Waals surface area contributed by atoms with Gasteiger partial charge in [-0.2, -0.15) is 0 Å². The van der Waals surface area contributed by atoms with Crippen LogP contribution in [0, 0.1) is 0 Å². The molecule has 0 aliphatic carbocycles. The zero-order valence-corrected chi connectivity index (χ0v) is 13.4. The van der Waals surface area contributed by atoms with Crippen LogP contribution in [0.4, 0.5) is 0 Å². The lowest BCUT2D eigenvalue weighted by atomic mass is 10.0. The van der Waals surface area contributed by atoms with Crippen LogP contribution in [0.15, 0.2) is 51.7 Å². The van der Waals surface area contributed by atoms with Crippen molar-refractivity contribution in [3.63, 3.8) is 0 Å². The van der Waals surface area contributed by atoms with Crippen LogP contribution in [0.3, 0.4) is 0 Å². The molecule has 0 unspecified atom stereocenters. The minimum atomic E-state index is 0.0198. The van der Waals surface area contributed by atoms with Gasteiger partial charge in [0, 0.05) is 25.7 Å². The molecule has 0 saturated carbocycles. The van der Waals surface area contributed by atoms with Gasteiger partial charge in [-0.1, -0.05) is 30.3 Å². The average Bonchev–Trinajstić information content (AvgIpc) is 2.94. The van der Waals surface area contributed by atoms with Gasteiger partial charge in [0.15, 0.2) is 4.67 Å². The Morgan fingerprint density at radius 2 is 2.05 bits per heavy atom. The Hall–Kier alpha value is -1.59. The van der Waals surface area contributed by atoms with Gasteiger partial charge in [-0.15, -0.1) is 0 Å². The van der Waals surface area contributed by atoms with Gasteiger partial charge in [-0.3, -0.25) is 4.79 Å². The van der Waals surface area contributed by atoms with Crippen LogP contribution in [-0.4, -0.2) is 42.4 Å². The lowest BCUT2D eigenvalue weighted by molar-refractivity contribution is 0.0497. The molecule has 1 aromatic carbocycles. The standard InChI is InChI=1S/C16H17BrN2O2/c1-18-7-8-19(16(20)13-9-15(17)21-11-13)14(10-18)12-5-3-2-4-6-12/h2-6,9,11,14H,7-8,10H2,1H3/t14-/m1/s1. The molecule has 2 heterocycles. The maximum atomic E-state index is 12.7. The van der Waals surface area contributed by atoms with Crippen molar-refractivity contribution in [3.8, 4) is 0 Å². The fourth-order valence-electron chi connectivity index (χ4n) is 2.71. The highest BCUT2D eigenvalue weighted by atomic mass is 79.9. The van der Waals surface area contributed by atoms with Crippen molar-refractivity contribution in [3.05, 3.63) is 58.5 Å². The van der Waals surface area contributed by atoms with E-state index in [-0.39, 0.29) is 11.9 Å². The molecule has 5 heteroatoms. The van der Waals surface area contributed by atoms with Crippen LogP contribution in [0.25, 0.3) is 0 Å². The summed E-state index contributed by atoms with van der Waals surface area (Å²) in [6.07, 6.45) is 1.51. The molecule has 1 atom stereocenters. The van der Waals surface area contributed by atoms with Gasteiger partial charge in [0.1, 0.15) is 6.26 Å². The molecule has 1 saturated heterocycles. The Morgan fingerprint density at radius 1 is 1.29 bits per heavy atom. The smallest absolute Gasteiger partial charge is 0.257 e. The predicted octanol–water partition coefficient (Wildman–Crippen LogP) is 3.17. The van der Waals surface area contributed by atoms with Gasteiger partial charge in [-0.05, 0) is 28.5 Å². The summed E-state index contributed by atoms with van der Waals surface area (Å²) in [7, 11) is 2.09. The fraction of sp³-hybridized carbons (Fsp3) is 0.312. The maximum absolute atomic E-state index is 12.7. The molecule has 2 aromatic rings. The highest BCUT2D eigenvalue weighted by Gasteiger charge is 2.31. The van der Waals surface area contributed by atoms with E-state index in [2.05, 4.69) is 40.0 Å². The number of furan rings is 1. The van der Waals surface area contributed by atoms with Crippen LogP contribution < -0.4 is 0 Å². The number of benzene rings is 1. The number of likely N-dealkylation sites (N-methyl/N-ethyl adjacent to an activating group) is 1. The van der Waals surface area contributed by atoms with Gasteiger partial charge in [0.05, 0.1) is 11.6 Å². The summed E-state index contributed by atoms with van der Waals surface area (Å²) in [5.74, 6) is 0.0198. The van der Waals surface area contributed by atoms with Gasteiger partial charge < -0.3 is 14.2 Å². The maximum Gasteiger partial charge on any atom is 0.257 e. The first-order valence-corrected chi connectivity index (χ1v) is 7.73. The zero-order valence-electron chi connectivity index (χ0n) is 11.8. The highest BCUT2D eigenvalue weighted by molar-refractivity contribution is 9.10. The molecule has 1 aromatic heterocycles. The molecule has 1 aliphatic heterocycles. The molecule has 110 valence electrons. The number of carbonyl (C=O) groups excluding carboxylic acids is 1. The first-order chi connectivity index (χ1) is 10.1. The number of piperazine rings is 1. The number of hydrogen-bond acceptors (Lipinski definition) is 3. The topological polar surface area (TPSA) is 36.7 Å². The molecule has 0 N–H and O–H groups in total. The third-order valence-electron chi connectivity index (χ3n) is 3.84. The molecule has 21 heavy (non-hydrogen) atoms. The van der Waals surface area contributed by atoms with E-state index < -0.39 is 0 Å². The molecular weight excluding hydrogens is 332 g/mol. The Bertz CT molecular complexity index is 626. The van der Waals surface area contributed by atoms with E-state index in [1.54, 1.807) is 6.07 Å². The number of rotatable bonds is 2. The first-order valence-electron chi connectivity index (χ1n) is 6.93. The molecule has 0 spiro atoms. The van der Waals surface area contributed by atoms with Crippen LogP contribution in [0.2, 0.25) is 0 Å². The molecule has 1 fully saturated rings. The molecule has 3 rings (SSSR count). The van der Waals surface area contributed by atoms with Crippen molar-refractivity contribution >= 4 is 21.8 Å². The van der Waals surface area contributed by atoms with E-state index >= 15 is 0 Å². The third-order valence-corrected chi connectivity index (χ3v) is 4.26. The Kier molecular flexibility index (Phi) is 4.12. The van der Waals surface area contributed by atoms with Crippen molar-refractivity contribution in [2.75, 3.05) is 26.7 Å². The average molecular weight is 349 g/mol. The van der Waals surface area contributed by atoms with Crippen molar-refractivity contribution in [2.24, 2.45) is 0 Å². The second kappa shape index (κ2) is 6.03. The van der Waals surface area contributed by atoms with E-state index in [1.165, 1.54) is 11.8 Å². The summed E-state index contributed by atoms with van der Waals surface area (Å²) in [5.41, 5.74) is 1.76. The van der Waals surface area contributed by atoms with Crippen LogP contribution >= 0.6 is 15.9 Å². The Morgan fingerprint density at radius 3 is 2.71 bits per heavy atom. The van der Waals surface area contributed by atoms with E-state index in [1.807, 2.05) is 23.1 Å². The van der Waals surface area contributed by atoms with Crippen LogP contribution in [0.1, 0.15) is 22.0 Å². The van der Waals surface area contributed by atoms with E-state index in [0.29, 0.717) is 10.2 Å². The normalized spacial score (nSPS) is 19.7. The van der Waals surface area contributed by atoms with Gasteiger partial charge >= 0.3 is 0 Å². The van der Waals surface area contributed by atoms with Crippen LogP contribution in [-0.2, 0) is 0 Å². The first kappa shape index (κ1) is 14.4. The van der Waals surface area contributed by atoms with E-state index in [4.69, 9.17) is 4.42 Å². The largest absolute Gasteiger partial charge is 0.457 e. The summed E-state index contributed by atoms with van der Waals surface area (Å²) in [5, 5.41) is 0. The minimum absolute atomic E-state index is 0.0198. The number of hydrogen-bond donors (Lipinski definition) is 0. The molecule has 4 nitrogen and oxygen atoms in total. The fourth-order valence-corrected chi connectivity index (χ4v) is 3.05. The number of amides is 1. The lowest BCUT2D eigenvalue weighted by Crippen LogP contribution is -2.49. The molecule has 0 bridgehead atoms. The summed E-state index contributed by atoms with van der Waals surface area (Å²) >= 11 is 3.25. The SMILES string of the molecule is CN1CCN(C(=O)c2coc(Br)c2)[C@@H](c2ccccc2)C1. The second-order valence-corrected chi connectivity index (χ2v) is 6.11. The monoisotopic (exact) mass is 348 g/mol. The summed E-state index contributed by atoms with van der Waals surface area (Å²) in [6.45, 7) is 2.45. The number of nitrogens with zero attached hydrogens (tertiary/aromatic N) is 2. The van der Waals surface area contributed by atoms with Crippen molar-refractivity contribution in [1.29, 1.82) is 0 Å². The van der Waals surface area contributed by atoms with Crippen molar-refractivity contribution < 1.29 is 9.21 Å². The summed E-state index contributed by atoms with van der Waals surface area (Å²) in [4.78, 5) is 16.9. The Balaban J connectivity index is 1.89. The zero-order chi connectivity index (χ0) is 14.8. The predicted molar refractivity (Wildman–Crippen MR) is 84.1 cm³/mol. The lowest BCUT2D eigenvalue weighted by Gasteiger charge is -2.40. The Labute approximate surface area is 132 Å². The van der Waals surface area contributed by atoms with Crippen molar-refractivity contribution in [2.45, 2.75) is 6.04 Å². The number of halogens is 1. The minimum Gasteiger partial charge on any atom is -0.457 e. The molecule has 0 radical (unpaired) electrons. The van der Waals surface area contributed by atoms with Crippen molar-refractivity contribution in [1.82, 2.24) is 9.80 Å². The quantitative estimate of drug-likeness (QED) is 0.836. The van der Waals surface area contributed by atoms with Gasteiger partial charge in [0.2, 0.25) is 0 Å².